The van der Waals surface area contributed by atoms with Crippen LogP contribution in [0.3, 0.4) is 0 Å². The summed E-state index contributed by atoms with van der Waals surface area (Å²) in [6.45, 7) is 5.47. The molecule has 78 valence electrons. The van der Waals surface area contributed by atoms with Gasteiger partial charge in [-0.3, -0.25) is 4.90 Å². The second kappa shape index (κ2) is 4.46. The van der Waals surface area contributed by atoms with Gasteiger partial charge in [0.25, 0.3) is 0 Å². The molecule has 1 aromatic carbocycles. The van der Waals surface area contributed by atoms with Gasteiger partial charge in [-0.05, 0) is 29.7 Å². The lowest BCUT2D eigenvalue weighted by Crippen LogP contribution is -2.14. The van der Waals surface area contributed by atoms with Gasteiger partial charge < -0.3 is 0 Å². The van der Waals surface area contributed by atoms with E-state index in [1.54, 1.807) is 0 Å². The molecule has 0 N–H and O–H groups in total. The van der Waals surface area contributed by atoms with Gasteiger partial charge in [-0.25, -0.2) is 0 Å². The van der Waals surface area contributed by atoms with Gasteiger partial charge in [0.1, 0.15) is 0 Å². The Morgan fingerprint density at radius 2 is 2.13 bits per heavy atom. The van der Waals surface area contributed by atoms with Gasteiger partial charge in [-0.15, -0.1) is 0 Å². The second-order valence-corrected chi connectivity index (χ2v) is 4.06. The number of nitrogens with zero attached hydrogens (tertiary/aromatic N) is 2. The third-order valence-electron chi connectivity index (χ3n) is 3.03. The topological polar surface area (TPSA) is 27.0 Å². The summed E-state index contributed by atoms with van der Waals surface area (Å²) < 4.78 is 0. The minimum Gasteiger partial charge on any atom is -0.295 e. The highest BCUT2D eigenvalue weighted by Gasteiger charge is 2.16. The molecule has 15 heavy (non-hydrogen) atoms. The zero-order chi connectivity index (χ0) is 10.7. The first kappa shape index (κ1) is 10.2. The molecule has 0 saturated carbocycles. The van der Waals surface area contributed by atoms with Crippen molar-refractivity contribution in [1.82, 2.24) is 4.90 Å². The molecule has 0 atom stereocenters. The van der Waals surface area contributed by atoms with Gasteiger partial charge in [-0.1, -0.05) is 25.1 Å². The van der Waals surface area contributed by atoms with E-state index in [1.165, 1.54) is 16.7 Å². The van der Waals surface area contributed by atoms with Crippen molar-refractivity contribution in [2.45, 2.75) is 32.9 Å². The van der Waals surface area contributed by atoms with Crippen LogP contribution in [0.2, 0.25) is 0 Å². The first-order chi connectivity index (χ1) is 7.33. The summed E-state index contributed by atoms with van der Waals surface area (Å²) in [5, 5.41) is 8.54. The van der Waals surface area contributed by atoms with Crippen LogP contribution in [0.5, 0.6) is 0 Å². The fourth-order valence-corrected chi connectivity index (χ4v) is 2.10. The third kappa shape index (κ3) is 2.19. The van der Waals surface area contributed by atoms with Crippen molar-refractivity contribution in [1.29, 1.82) is 5.26 Å². The number of rotatable bonds is 3. The maximum absolute atomic E-state index is 8.54. The molecular weight excluding hydrogens is 184 g/mol. The summed E-state index contributed by atoms with van der Waals surface area (Å²) in [7, 11) is 0. The Morgan fingerprint density at radius 1 is 1.33 bits per heavy atom. The van der Waals surface area contributed by atoms with Crippen molar-refractivity contribution < 1.29 is 0 Å². The van der Waals surface area contributed by atoms with E-state index in [2.05, 4.69) is 36.1 Å². The largest absolute Gasteiger partial charge is 0.295 e. The molecule has 0 amide bonds. The van der Waals surface area contributed by atoms with Crippen molar-refractivity contribution in [3.63, 3.8) is 0 Å². The predicted octanol–water partition coefficient (Wildman–Crippen LogP) is 2.48. The molecule has 0 saturated heterocycles. The average molecular weight is 200 g/mol. The van der Waals surface area contributed by atoms with E-state index >= 15 is 0 Å². The van der Waals surface area contributed by atoms with E-state index in [-0.39, 0.29) is 0 Å². The number of nitriles is 1. The summed E-state index contributed by atoms with van der Waals surface area (Å²) in [4.78, 5) is 2.43. The Kier molecular flexibility index (Phi) is 3.03. The molecule has 0 radical (unpaired) electrons. The maximum atomic E-state index is 8.54. The highest BCUT2D eigenvalue weighted by molar-refractivity contribution is 5.34. The molecule has 1 aliphatic heterocycles. The Balaban J connectivity index is 2.12. The van der Waals surface area contributed by atoms with E-state index in [9.17, 15) is 0 Å². The van der Waals surface area contributed by atoms with Crippen LogP contribution < -0.4 is 0 Å². The number of benzene rings is 1. The number of fused-ring (bicyclic) bond motifs is 1. The van der Waals surface area contributed by atoms with Crippen molar-refractivity contribution in [3.05, 3.63) is 34.9 Å². The lowest BCUT2D eigenvalue weighted by Gasteiger charge is -2.09. The van der Waals surface area contributed by atoms with Crippen molar-refractivity contribution in [3.8, 4) is 6.07 Å². The zero-order valence-electron chi connectivity index (χ0n) is 9.16. The lowest BCUT2D eigenvalue weighted by atomic mass is 10.0. The summed E-state index contributed by atoms with van der Waals surface area (Å²) in [6, 6.07) is 8.84. The molecule has 0 aliphatic carbocycles. The maximum Gasteiger partial charge on any atom is 0.0625 e. The average Bonchev–Trinajstić information content (AvgIpc) is 2.68. The monoisotopic (exact) mass is 200 g/mol. The summed E-state index contributed by atoms with van der Waals surface area (Å²) in [6.07, 6.45) is 1.51. The molecule has 2 rings (SSSR count). The Morgan fingerprint density at radius 3 is 2.87 bits per heavy atom. The summed E-state index contributed by atoms with van der Waals surface area (Å²) in [5.74, 6) is 0. The van der Waals surface area contributed by atoms with Crippen LogP contribution in [0.25, 0.3) is 0 Å². The molecule has 0 aromatic heterocycles. The highest BCUT2D eigenvalue weighted by atomic mass is 15.1. The lowest BCUT2D eigenvalue weighted by molar-refractivity contribution is 0.301. The molecule has 2 heteroatoms. The van der Waals surface area contributed by atoms with E-state index in [0.717, 1.165) is 26.1 Å². The Labute approximate surface area is 91.1 Å². The Bertz CT molecular complexity index is 390. The summed E-state index contributed by atoms with van der Waals surface area (Å²) >= 11 is 0. The van der Waals surface area contributed by atoms with Crippen LogP contribution in [-0.2, 0) is 19.5 Å². The van der Waals surface area contributed by atoms with Crippen molar-refractivity contribution in [2.75, 3.05) is 6.54 Å². The molecule has 0 bridgehead atoms. The molecule has 1 aliphatic rings. The molecule has 1 heterocycles. The van der Waals surface area contributed by atoms with E-state index in [1.807, 2.05) is 0 Å². The SMILES string of the molecule is CCN1Cc2ccc(CCC#N)cc2C1. The minimum absolute atomic E-state index is 0.621. The third-order valence-corrected chi connectivity index (χ3v) is 3.03. The Hall–Kier alpha value is -1.33. The first-order valence-electron chi connectivity index (χ1n) is 5.53. The number of aryl methyl sites for hydroxylation is 1. The second-order valence-electron chi connectivity index (χ2n) is 4.06. The first-order valence-corrected chi connectivity index (χ1v) is 5.53. The quantitative estimate of drug-likeness (QED) is 0.749. The number of hydrogen-bond acceptors (Lipinski definition) is 2. The molecule has 1 aromatic rings. The smallest absolute Gasteiger partial charge is 0.0625 e. The van der Waals surface area contributed by atoms with Gasteiger partial charge in [-0.2, -0.15) is 5.26 Å². The molecule has 2 nitrogen and oxygen atoms in total. The van der Waals surface area contributed by atoms with Gasteiger partial charge in [0.05, 0.1) is 6.07 Å². The van der Waals surface area contributed by atoms with E-state index < -0.39 is 0 Å². The van der Waals surface area contributed by atoms with Crippen LogP contribution in [0, 0.1) is 11.3 Å². The van der Waals surface area contributed by atoms with Crippen LogP contribution in [0.15, 0.2) is 18.2 Å². The normalized spacial score (nSPS) is 14.9. The van der Waals surface area contributed by atoms with E-state index in [4.69, 9.17) is 5.26 Å². The van der Waals surface area contributed by atoms with Crippen LogP contribution in [-0.4, -0.2) is 11.4 Å². The number of hydrogen-bond donors (Lipinski definition) is 0. The zero-order valence-corrected chi connectivity index (χ0v) is 9.16. The van der Waals surface area contributed by atoms with Gasteiger partial charge >= 0.3 is 0 Å². The van der Waals surface area contributed by atoms with Gasteiger partial charge in [0, 0.05) is 19.5 Å². The molecule has 0 unspecified atom stereocenters. The molecule has 0 fully saturated rings. The highest BCUT2D eigenvalue weighted by Crippen LogP contribution is 2.23. The fourth-order valence-electron chi connectivity index (χ4n) is 2.10. The van der Waals surface area contributed by atoms with Crippen LogP contribution in [0.4, 0.5) is 0 Å². The molecule has 0 spiro atoms. The van der Waals surface area contributed by atoms with E-state index in [0.29, 0.717) is 6.42 Å². The summed E-state index contributed by atoms with van der Waals surface area (Å²) in [5.41, 5.74) is 4.21. The molecular formula is C13H16N2. The van der Waals surface area contributed by atoms with Crippen molar-refractivity contribution >= 4 is 0 Å². The van der Waals surface area contributed by atoms with Gasteiger partial charge in [0.15, 0.2) is 0 Å². The van der Waals surface area contributed by atoms with Crippen LogP contribution in [0.1, 0.15) is 30.0 Å². The van der Waals surface area contributed by atoms with Gasteiger partial charge in [0.2, 0.25) is 0 Å². The predicted molar refractivity (Wildman–Crippen MR) is 60.2 cm³/mol. The standard InChI is InChI=1S/C13H16N2/c1-2-15-9-12-6-5-11(4-3-7-14)8-13(12)10-15/h5-6,8H,2-4,9-10H2,1H3. The minimum atomic E-state index is 0.621. The fraction of sp³-hybridized carbons (Fsp3) is 0.462. The van der Waals surface area contributed by atoms with Crippen LogP contribution >= 0.6 is 0 Å². The van der Waals surface area contributed by atoms with Crippen molar-refractivity contribution in [2.24, 2.45) is 0 Å².